The van der Waals surface area contributed by atoms with Gasteiger partial charge in [-0.15, -0.1) is 17.0 Å². The van der Waals surface area contributed by atoms with Gasteiger partial charge in [-0.05, 0) is 12.1 Å². The first-order valence-electron chi connectivity index (χ1n) is 3.96. The minimum absolute atomic E-state index is 0. The minimum atomic E-state index is -3.12. The van der Waals surface area contributed by atoms with Crippen LogP contribution in [0.3, 0.4) is 0 Å². The van der Waals surface area contributed by atoms with Crippen molar-refractivity contribution in [1.29, 1.82) is 0 Å². The Kier molecular flexibility index (Phi) is 15.3. The van der Waals surface area contributed by atoms with Crippen molar-refractivity contribution >= 4 is 28.0 Å². The second-order valence-electron chi connectivity index (χ2n) is 2.05. The summed E-state index contributed by atoms with van der Waals surface area (Å²) in [4.78, 5) is 14.7. The Morgan fingerprint density at radius 1 is 0.765 bits per heavy atom. The lowest BCUT2D eigenvalue weighted by Gasteiger charge is -1.70. The SMILES string of the molecule is Br.O=[SH](=O)O.c1cncnc1.c1cncnc1. The van der Waals surface area contributed by atoms with Crippen LogP contribution in [0.5, 0.6) is 0 Å². The van der Waals surface area contributed by atoms with Crippen molar-refractivity contribution in [3.8, 4) is 0 Å². The van der Waals surface area contributed by atoms with E-state index in [1.165, 1.54) is 12.7 Å². The summed E-state index contributed by atoms with van der Waals surface area (Å²) in [5.74, 6) is 0. The van der Waals surface area contributed by atoms with Crippen molar-refractivity contribution in [3.05, 3.63) is 49.6 Å². The second-order valence-corrected chi connectivity index (χ2v) is 2.52. The number of hydrogen-bond acceptors (Lipinski definition) is 6. The third kappa shape index (κ3) is 20.6. The topological polar surface area (TPSA) is 106 Å². The highest BCUT2D eigenvalue weighted by molar-refractivity contribution is 8.93. The van der Waals surface area contributed by atoms with E-state index in [0.717, 1.165) is 0 Å². The van der Waals surface area contributed by atoms with Crippen molar-refractivity contribution in [2.24, 2.45) is 0 Å². The minimum Gasteiger partial charge on any atom is -0.288 e. The van der Waals surface area contributed by atoms with Crippen LogP contribution in [-0.4, -0.2) is 32.9 Å². The van der Waals surface area contributed by atoms with Crippen molar-refractivity contribution in [3.63, 3.8) is 0 Å². The molecule has 0 atom stereocenters. The van der Waals surface area contributed by atoms with Gasteiger partial charge in [-0.2, -0.15) is 0 Å². The molecule has 0 saturated carbocycles. The Morgan fingerprint density at radius 2 is 1.00 bits per heavy atom. The summed E-state index contributed by atoms with van der Waals surface area (Å²) in [7, 11) is -3.12. The summed E-state index contributed by atoms with van der Waals surface area (Å²) in [5, 5.41) is 0. The van der Waals surface area contributed by atoms with E-state index in [9.17, 15) is 0 Å². The van der Waals surface area contributed by atoms with Crippen LogP contribution in [0.2, 0.25) is 0 Å². The van der Waals surface area contributed by atoms with Crippen LogP contribution in [-0.2, 0) is 11.0 Å². The molecular weight excluding hydrogens is 312 g/mol. The highest BCUT2D eigenvalue weighted by Gasteiger charge is 1.59. The highest BCUT2D eigenvalue weighted by Crippen LogP contribution is 1.67. The molecule has 2 heterocycles. The maximum Gasteiger partial charge on any atom is 0.254 e. The van der Waals surface area contributed by atoms with Gasteiger partial charge in [0.05, 0.1) is 0 Å². The third-order valence-electron chi connectivity index (χ3n) is 0.955. The Hall–Kier alpha value is -1.45. The smallest absolute Gasteiger partial charge is 0.254 e. The van der Waals surface area contributed by atoms with Gasteiger partial charge in [0.25, 0.3) is 11.0 Å². The molecule has 2 aromatic heterocycles. The number of rotatable bonds is 0. The molecule has 1 N–H and O–H groups in total. The van der Waals surface area contributed by atoms with E-state index in [-0.39, 0.29) is 17.0 Å². The number of thiol groups is 1. The molecule has 17 heavy (non-hydrogen) atoms. The zero-order chi connectivity index (χ0) is 12.1. The molecule has 0 bridgehead atoms. The van der Waals surface area contributed by atoms with Crippen molar-refractivity contribution in [2.45, 2.75) is 0 Å². The fourth-order valence-electron chi connectivity index (χ4n) is 0.507. The lowest BCUT2D eigenvalue weighted by atomic mass is 10.7. The first-order chi connectivity index (χ1) is 7.73. The van der Waals surface area contributed by atoms with Crippen LogP contribution >= 0.6 is 17.0 Å². The number of hydrogen-bond donors (Lipinski definition) is 2. The predicted molar refractivity (Wildman–Crippen MR) is 67.3 cm³/mol. The summed E-state index contributed by atoms with van der Waals surface area (Å²) in [5.41, 5.74) is 0. The van der Waals surface area contributed by atoms with E-state index in [4.69, 9.17) is 13.0 Å². The molecule has 9 heteroatoms. The molecule has 0 aliphatic heterocycles. The van der Waals surface area contributed by atoms with Crippen LogP contribution in [0.15, 0.2) is 49.6 Å². The Balaban J connectivity index is 0. The maximum atomic E-state index is 8.59. The molecule has 0 aromatic carbocycles. The van der Waals surface area contributed by atoms with Gasteiger partial charge in [-0.1, -0.05) is 0 Å². The molecular formula is C8H11BrN4O3S. The zero-order valence-corrected chi connectivity index (χ0v) is 11.1. The molecule has 2 aromatic rings. The molecule has 0 aliphatic rings. The van der Waals surface area contributed by atoms with Gasteiger partial charge in [0, 0.05) is 24.8 Å². The Bertz CT molecular complexity index is 323. The molecule has 0 spiro atoms. The molecule has 0 aliphatic carbocycles. The Labute approximate surface area is 111 Å². The van der Waals surface area contributed by atoms with E-state index in [1.54, 1.807) is 36.9 Å². The van der Waals surface area contributed by atoms with Gasteiger partial charge in [-0.3, -0.25) is 4.55 Å². The second kappa shape index (κ2) is 14.6. The van der Waals surface area contributed by atoms with Gasteiger partial charge >= 0.3 is 0 Å². The molecule has 0 saturated heterocycles. The first-order valence-corrected chi connectivity index (χ1v) is 5.09. The van der Waals surface area contributed by atoms with Gasteiger partial charge in [-0.25, -0.2) is 28.4 Å². The summed E-state index contributed by atoms with van der Waals surface area (Å²) < 4.78 is 24.2. The van der Waals surface area contributed by atoms with E-state index < -0.39 is 11.0 Å². The van der Waals surface area contributed by atoms with Gasteiger partial charge < -0.3 is 0 Å². The molecule has 0 radical (unpaired) electrons. The number of halogens is 1. The quantitative estimate of drug-likeness (QED) is 0.540. The molecule has 7 nitrogen and oxygen atoms in total. The van der Waals surface area contributed by atoms with E-state index >= 15 is 0 Å². The summed E-state index contributed by atoms with van der Waals surface area (Å²) in [6.07, 6.45) is 9.75. The van der Waals surface area contributed by atoms with E-state index in [0.29, 0.717) is 0 Å². The molecule has 0 unspecified atom stereocenters. The van der Waals surface area contributed by atoms with Crippen LogP contribution < -0.4 is 0 Å². The lowest BCUT2D eigenvalue weighted by Crippen LogP contribution is -1.66. The van der Waals surface area contributed by atoms with Crippen LogP contribution in [0.25, 0.3) is 0 Å². The predicted octanol–water partition coefficient (Wildman–Crippen LogP) is 0.602. The monoisotopic (exact) mass is 322 g/mol. The highest BCUT2D eigenvalue weighted by atomic mass is 79.9. The van der Waals surface area contributed by atoms with Crippen molar-refractivity contribution in [1.82, 2.24) is 19.9 Å². The van der Waals surface area contributed by atoms with Crippen LogP contribution in [0, 0.1) is 0 Å². The average Bonchev–Trinajstić information content (AvgIpc) is 2.34. The molecule has 0 fully saturated rings. The van der Waals surface area contributed by atoms with Crippen LogP contribution in [0.4, 0.5) is 0 Å². The van der Waals surface area contributed by atoms with Crippen molar-refractivity contribution in [2.75, 3.05) is 0 Å². The normalized spacial score (nSPS) is 7.65. The standard InChI is InChI=1S/2C4H4N2.BrH.H2O3S/c2*1-2-5-4-6-3-1;;1-4(2)3/h2*1-4H;1H;4H,(H,1,2,3). The summed E-state index contributed by atoms with van der Waals surface area (Å²) in [6, 6.07) is 3.56. The van der Waals surface area contributed by atoms with Gasteiger partial charge in [0.2, 0.25) is 0 Å². The first kappa shape index (κ1) is 17.9. The molecule has 94 valence electrons. The molecule has 0 amide bonds. The lowest BCUT2D eigenvalue weighted by molar-refractivity contribution is 0.509. The zero-order valence-electron chi connectivity index (χ0n) is 8.53. The average molecular weight is 323 g/mol. The van der Waals surface area contributed by atoms with E-state index in [1.807, 2.05) is 0 Å². The number of nitrogens with zero attached hydrogens (tertiary/aromatic N) is 4. The van der Waals surface area contributed by atoms with Crippen molar-refractivity contribution < 1.29 is 13.0 Å². The summed E-state index contributed by atoms with van der Waals surface area (Å²) >= 11 is 0. The van der Waals surface area contributed by atoms with Gasteiger partial charge in [0.15, 0.2) is 0 Å². The maximum absolute atomic E-state index is 8.59. The fourth-order valence-corrected chi connectivity index (χ4v) is 0.507. The van der Waals surface area contributed by atoms with Crippen LogP contribution in [0.1, 0.15) is 0 Å². The fraction of sp³-hybridized carbons (Fsp3) is 0. The van der Waals surface area contributed by atoms with E-state index in [2.05, 4.69) is 19.9 Å². The largest absolute Gasteiger partial charge is 0.288 e. The number of aromatic nitrogens is 4. The Morgan fingerprint density at radius 3 is 1.06 bits per heavy atom. The summed E-state index contributed by atoms with van der Waals surface area (Å²) in [6.45, 7) is 0. The third-order valence-corrected chi connectivity index (χ3v) is 0.955. The van der Waals surface area contributed by atoms with Gasteiger partial charge in [0.1, 0.15) is 12.7 Å². The molecule has 2 rings (SSSR count).